The van der Waals surface area contributed by atoms with Gasteiger partial charge in [-0.2, -0.15) is 0 Å². The lowest BCUT2D eigenvalue weighted by atomic mass is 9.98. The minimum atomic E-state index is -1.09. The van der Waals surface area contributed by atoms with Crippen LogP contribution in [-0.2, 0) is 36.8 Å². The summed E-state index contributed by atoms with van der Waals surface area (Å²) in [7, 11) is 0. The second-order valence-electron chi connectivity index (χ2n) is 10.00. The Morgan fingerprint density at radius 3 is 2.28 bits per heavy atom. The number of benzene rings is 1. The molecule has 0 amide bonds. The zero-order valence-corrected chi connectivity index (χ0v) is 25.4. The van der Waals surface area contributed by atoms with Crippen LogP contribution < -0.4 is 5.32 Å². The first-order valence-electron chi connectivity index (χ1n) is 11.5. The molecule has 1 aromatic heterocycles. The lowest BCUT2D eigenvalue weighted by molar-refractivity contribution is -0.174. The van der Waals surface area contributed by atoms with Crippen molar-refractivity contribution in [1.29, 1.82) is 0 Å². The van der Waals surface area contributed by atoms with E-state index in [1.807, 2.05) is 18.4 Å². The van der Waals surface area contributed by atoms with Crippen molar-refractivity contribution < 1.29 is 29.0 Å². The summed E-state index contributed by atoms with van der Waals surface area (Å²) in [5, 5.41) is 12.9. The molecule has 0 aliphatic rings. The maximum absolute atomic E-state index is 12.8. The van der Waals surface area contributed by atoms with Crippen molar-refractivity contribution in [3.05, 3.63) is 49.1 Å². The van der Waals surface area contributed by atoms with Crippen molar-refractivity contribution in [2.24, 2.45) is 11.3 Å². The summed E-state index contributed by atoms with van der Waals surface area (Å²) >= 11 is 4.53. The monoisotopic (exact) mass is 725 g/mol. The summed E-state index contributed by atoms with van der Waals surface area (Å²) in [6.07, 6.45) is 3.79. The van der Waals surface area contributed by atoms with Gasteiger partial charge < -0.3 is 19.1 Å². The third kappa shape index (κ3) is 9.96. The number of hydrogen-bond acceptors (Lipinski definition) is 7. The Balaban J connectivity index is 2.11. The first kappa shape index (κ1) is 30.5. The van der Waals surface area contributed by atoms with Crippen LogP contribution in [0.3, 0.4) is 0 Å². The Kier molecular flexibility index (Phi) is 11.6. The quantitative estimate of drug-likeness (QED) is 0.190. The summed E-state index contributed by atoms with van der Waals surface area (Å²) in [6.45, 7) is 8.96. The van der Waals surface area contributed by atoms with Crippen LogP contribution in [0.2, 0.25) is 0 Å². The molecule has 0 aliphatic heterocycles. The number of carboxylic acid groups (broad SMARTS) is 1. The molecule has 0 spiro atoms. The number of ether oxygens (including phenoxy) is 2. The summed E-state index contributed by atoms with van der Waals surface area (Å²) in [5.74, 6) is -2.16. The molecule has 2 atom stereocenters. The molecule has 0 bridgehead atoms. The van der Waals surface area contributed by atoms with Crippen molar-refractivity contribution in [2.75, 3.05) is 6.79 Å². The molecule has 0 saturated carbocycles. The van der Waals surface area contributed by atoms with Gasteiger partial charge in [0.2, 0.25) is 6.79 Å². The number of rotatable bonds is 12. The van der Waals surface area contributed by atoms with Gasteiger partial charge in [-0.3, -0.25) is 19.7 Å². The number of carbonyl (C=O) groups excluding carboxylic acids is 2. The maximum atomic E-state index is 12.8. The fraction of sp³-hybridized carbons (Fsp3) is 0.520. The van der Waals surface area contributed by atoms with E-state index in [1.165, 1.54) is 0 Å². The molecule has 36 heavy (non-hydrogen) atoms. The lowest BCUT2D eigenvalue weighted by Crippen LogP contribution is -2.49. The average Bonchev–Trinajstić information content (AvgIpc) is 3.17. The van der Waals surface area contributed by atoms with E-state index in [2.05, 4.69) is 73.7 Å². The lowest BCUT2D eigenvalue weighted by Gasteiger charge is -2.24. The summed E-state index contributed by atoms with van der Waals surface area (Å²) in [4.78, 5) is 41.0. The van der Waals surface area contributed by atoms with Crippen molar-refractivity contribution in [3.63, 3.8) is 0 Å². The van der Waals surface area contributed by atoms with Gasteiger partial charge in [0.15, 0.2) is 0 Å². The standard InChI is InChI=1S/C25H33I2N3O6/c1-15(2)6-21(23(33)35-14-36-24(34)25(3,4)5)29-20(22(31)32)10-19-11-28-13-30(19)12-16-7-17(26)9-18(27)8-16/h7-9,11,13,15,20-21,29H,6,10,12,14H2,1-5H3,(H,31,32). The molecule has 2 N–H and O–H groups in total. The Bertz CT molecular complexity index is 1040. The fourth-order valence-electron chi connectivity index (χ4n) is 3.39. The van der Waals surface area contributed by atoms with E-state index in [0.29, 0.717) is 13.0 Å². The Morgan fingerprint density at radius 1 is 1.08 bits per heavy atom. The third-order valence-electron chi connectivity index (χ3n) is 5.18. The van der Waals surface area contributed by atoms with E-state index in [4.69, 9.17) is 9.47 Å². The van der Waals surface area contributed by atoms with Crippen LogP contribution in [0.1, 0.15) is 52.3 Å². The largest absolute Gasteiger partial charge is 0.480 e. The van der Waals surface area contributed by atoms with E-state index in [0.717, 1.165) is 18.4 Å². The van der Waals surface area contributed by atoms with Crippen LogP contribution in [0, 0.1) is 18.5 Å². The Hall–Kier alpha value is -1.74. The van der Waals surface area contributed by atoms with Crippen molar-refractivity contribution >= 4 is 63.1 Å². The highest BCUT2D eigenvalue weighted by atomic mass is 127. The van der Waals surface area contributed by atoms with Crippen LogP contribution in [0.5, 0.6) is 0 Å². The molecule has 1 heterocycles. The summed E-state index contributed by atoms with van der Waals surface area (Å²) in [5.41, 5.74) is 1.08. The van der Waals surface area contributed by atoms with Gasteiger partial charge in [0.25, 0.3) is 0 Å². The maximum Gasteiger partial charge on any atom is 0.326 e. The van der Waals surface area contributed by atoms with E-state index in [1.54, 1.807) is 33.3 Å². The second kappa shape index (κ2) is 13.7. The normalized spacial score (nSPS) is 13.3. The van der Waals surface area contributed by atoms with Crippen LogP contribution in [0.15, 0.2) is 30.7 Å². The number of aliphatic carboxylic acids is 1. The number of imidazole rings is 1. The summed E-state index contributed by atoms with van der Waals surface area (Å²) in [6, 6.07) is 4.28. The van der Waals surface area contributed by atoms with Crippen molar-refractivity contribution in [3.8, 4) is 0 Å². The first-order chi connectivity index (χ1) is 16.8. The van der Waals surface area contributed by atoms with Crippen LogP contribution in [-0.4, -0.2) is 51.4 Å². The predicted molar refractivity (Wildman–Crippen MR) is 151 cm³/mol. The van der Waals surface area contributed by atoms with Gasteiger partial charge >= 0.3 is 17.9 Å². The molecule has 11 heteroatoms. The predicted octanol–water partition coefficient (Wildman–Crippen LogP) is 4.23. The highest BCUT2D eigenvalue weighted by molar-refractivity contribution is 14.1. The number of hydrogen-bond donors (Lipinski definition) is 2. The molecule has 0 radical (unpaired) electrons. The molecule has 1 aromatic carbocycles. The van der Waals surface area contributed by atoms with Gasteiger partial charge in [0.1, 0.15) is 12.1 Å². The second-order valence-corrected chi connectivity index (χ2v) is 12.5. The molecule has 2 unspecified atom stereocenters. The third-order valence-corrected chi connectivity index (χ3v) is 6.43. The molecule has 198 valence electrons. The Labute approximate surface area is 239 Å². The zero-order chi connectivity index (χ0) is 27.0. The van der Waals surface area contributed by atoms with Crippen LogP contribution in [0.4, 0.5) is 0 Å². The number of nitrogens with one attached hydrogen (secondary N) is 1. The number of esters is 2. The van der Waals surface area contributed by atoms with Crippen LogP contribution in [0.25, 0.3) is 0 Å². The smallest absolute Gasteiger partial charge is 0.326 e. The molecular formula is C25H33I2N3O6. The number of halogens is 2. The minimum absolute atomic E-state index is 0.0928. The van der Waals surface area contributed by atoms with E-state index in [9.17, 15) is 19.5 Å². The molecule has 0 aliphatic carbocycles. The molecule has 2 aromatic rings. The van der Waals surface area contributed by atoms with E-state index < -0.39 is 42.2 Å². The van der Waals surface area contributed by atoms with Gasteiger partial charge in [-0.1, -0.05) is 13.8 Å². The highest BCUT2D eigenvalue weighted by Crippen LogP contribution is 2.18. The van der Waals surface area contributed by atoms with Crippen LogP contribution >= 0.6 is 45.2 Å². The average molecular weight is 725 g/mol. The number of aromatic nitrogens is 2. The van der Waals surface area contributed by atoms with Gasteiger partial charge in [-0.15, -0.1) is 0 Å². The topological polar surface area (TPSA) is 120 Å². The number of carbonyl (C=O) groups is 3. The van der Waals surface area contributed by atoms with E-state index in [-0.39, 0.29) is 12.3 Å². The van der Waals surface area contributed by atoms with Gasteiger partial charge in [0.05, 0.1) is 11.7 Å². The van der Waals surface area contributed by atoms with Crippen molar-refractivity contribution in [1.82, 2.24) is 14.9 Å². The Morgan fingerprint density at radius 2 is 1.72 bits per heavy atom. The molecule has 0 saturated heterocycles. The summed E-state index contributed by atoms with van der Waals surface area (Å²) < 4.78 is 14.3. The molecule has 0 fully saturated rings. The SMILES string of the molecule is CC(C)CC(NC(Cc1cncn1Cc1cc(I)cc(I)c1)C(=O)O)C(=O)OCOC(=O)C(C)(C)C. The fourth-order valence-corrected chi connectivity index (χ4v) is 5.46. The van der Waals surface area contributed by atoms with Gasteiger partial charge in [-0.25, -0.2) is 4.98 Å². The minimum Gasteiger partial charge on any atom is -0.480 e. The van der Waals surface area contributed by atoms with E-state index >= 15 is 0 Å². The highest BCUT2D eigenvalue weighted by Gasteiger charge is 2.30. The molecule has 9 nitrogen and oxygen atoms in total. The van der Waals surface area contributed by atoms with Gasteiger partial charge in [-0.05, 0) is 102 Å². The zero-order valence-electron chi connectivity index (χ0n) is 21.1. The van der Waals surface area contributed by atoms with Crippen molar-refractivity contribution in [2.45, 2.75) is 66.1 Å². The first-order valence-corrected chi connectivity index (χ1v) is 13.7. The van der Waals surface area contributed by atoms with Gasteiger partial charge in [0, 0.05) is 32.0 Å². The number of carboxylic acids is 1. The molecule has 2 rings (SSSR count). The molecular weight excluding hydrogens is 692 g/mol. The number of nitrogens with zero attached hydrogens (tertiary/aromatic N) is 2.